The van der Waals surface area contributed by atoms with Gasteiger partial charge in [-0.1, -0.05) is 0 Å². The molecule has 0 unspecified atom stereocenters. The molecule has 108 valence electrons. The number of hydrogen-bond acceptors (Lipinski definition) is 6. The van der Waals surface area contributed by atoms with Gasteiger partial charge >= 0.3 is 6.18 Å². The number of hydrogen-bond donors (Lipinski definition) is 2. The van der Waals surface area contributed by atoms with Gasteiger partial charge in [0.05, 0.1) is 12.5 Å². The Labute approximate surface area is 113 Å². The van der Waals surface area contributed by atoms with E-state index in [2.05, 4.69) is 15.4 Å². The van der Waals surface area contributed by atoms with Crippen LogP contribution in [0.2, 0.25) is 0 Å². The lowest BCUT2D eigenvalue weighted by Crippen LogP contribution is -2.29. The average molecular weight is 286 g/mol. The Morgan fingerprint density at radius 1 is 1.45 bits per heavy atom. The van der Waals surface area contributed by atoms with E-state index in [9.17, 15) is 13.2 Å². The van der Waals surface area contributed by atoms with Crippen LogP contribution in [0.25, 0.3) is 0 Å². The van der Waals surface area contributed by atoms with Gasteiger partial charge in [0, 0.05) is 18.7 Å². The Morgan fingerprint density at radius 3 is 2.65 bits per heavy atom. The molecule has 1 heterocycles. The third-order valence-electron chi connectivity index (χ3n) is 2.86. The van der Waals surface area contributed by atoms with Crippen molar-refractivity contribution in [1.29, 1.82) is 5.26 Å². The fourth-order valence-electron chi connectivity index (χ4n) is 1.82. The summed E-state index contributed by atoms with van der Waals surface area (Å²) < 4.78 is 38.3. The van der Waals surface area contributed by atoms with E-state index < -0.39 is 12.0 Å². The molecule has 0 atom stereocenters. The highest BCUT2D eigenvalue weighted by Gasteiger charge is 2.37. The van der Waals surface area contributed by atoms with Gasteiger partial charge < -0.3 is 10.3 Å². The molecule has 1 fully saturated rings. The topological polar surface area (TPSA) is 90.9 Å². The van der Waals surface area contributed by atoms with Gasteiger partial charge in [-0.25, -0.2) is 15.8 Å². The molecule has 1 aromatic rings. The van der Waals surface area contributed by atoms with Gasteiger partial charge in [0.25, 0.3) is 0 Å². The van der Waals surface area contributed by atoms with Crippen molar-refractivity contribution in [3.63, 3.8) is 0 Å². The molecule has 0 amide bonds. The highest BCUT2D eigenvalue weighted by molar-refractivity contribution is 5.50. The molecule has 0 aliphatic heterocycles. The zero-order valence-corrected chi connectivity index (χ0v) is 10.5. The summed E-state index contributed by atoms with van der Waals surface area (Å²) in [7, 11) is 0. The van der Waals surface area contributed by atoms with Crippen LogP contribution in [0.5, 0.6) is 0 Å². The third-order valence-corrected chi connectivity index (χ3v) is 2.86. The number of alkyl halides is 3. The van der Waals surface area contributed by atoms with Crippen molar-refractivity contribution in [3.05, 3.63) is 11.9 Å². The standard InChI is InChI=1S/C11H13F3N6/c12-11(13,14)10-17-8(19-16)6-9(18-10)20(5-1-4-15)7-2-3-7/h6-7H,1-3,5,16H2,(H,17,18,19). The molecule has 9 heteroatoms. The van der Waals surface area contributed by atoms with E-state index in [0.29, 0.717) is 6.54 Å². The van der Waals surface area contributed by atoms with Crippen LogP contribution < -0.4 is 16.2 Å². The van der Waals surface area contributed by atoms with Crippen molar-refractivity contribution in [3.8, 4) is 6.07 Å². The van der Waals surface area contributed by atoms with Gasteiger partial charge in [0.15, 0.2) is 0 Å². The summed E-state index contributed by atoms with van der Waals surface area (Å²) in [5.41, 5.74) is 2.11. The van der Waals surface area contributed by atoms with Gasteiger partial charge in [0.2, 0.25) is 5.82 Å². The van der Waals surface area contributed by atoms with Crippen LogP contribution in [0, 0.1) is 11.3 Å². The summed E-state index contributed by atoms with van der Waals surface area (Å²) in [5.74, 6) is 3.93. The number of aromatic nitrogens is 2. The summed E-state index contributed by atoms with van der Waals surface area (Å²) in [4.78, 5) is 8.55. The number of nitrogen functional groups attached to an aromatic ring is 1. The highest BCUT2D eigenvalue weighted by Crippen LogP contribution is 2.34. The second-order valence-electron chi connectivity index (χ2n) is 4.41. The number of rotatable bonds is 5. The molecule has 0 aromatic carbocycles. The minimum Gasteiger partial charge on any atom is -0.352 e. The lowest BCUT2D eigenvalue weighted by Gasteiger charge is -2.23. The van der Waals surface area contributed by atoms with Crippen LogP contribution in [0.15, 0.2) is 6.07 Å². The van der Waals surface area contributed by atoms with Crippen LogP contribution >= 0.6 is 0 Å². The summed E-state index contributed by atoms with van der Waals surface area (Å²) >= 11 is 0. The molecule has 0 radical (unpaired) electrons. The molecular formula is C11H13F3N6. The van der Waals surface area contributed by atoms with Crippen molar-refractivity contribution < 1.29 is 13.2 Å². The van der Waals surface area contributed by atoms with E-state index in [0.717, 1.165) is 12.8 Å². The fraction of sp³-hybridized carbons (Fsp3) is 0.545. The lowest BCUT2D eigenvalue weighted by molar-refractivity contribution is -0.144. The second kappa shape index (κ2) is 5.50. The van der Waals surface area contributed by atoms with E-state index in [-0.39, 0.29) is 24.1 Å². The maximum Gasteiger partial charge on any atom is 0.451 e. The first-order valence-corrected chi connectivity index (χ1v) is 6.02. The van der Waals surface area contributed by atoms with Gasteiger partial charge in [-0.2, -0.15) is 18.4 Å². The number of hydrazine groups is 1. The summed E-state index contributed by atoms with van der Waals surface area (Å²) in [5, 5.41) is 8.63. The molecular weight excluding hydrogens is 273 g/mol. The van der Waals surface area contributed by atoms with Crippen LogP contribution in [0.3, 0.4) is 0 Å². The molecule has 2 rings (SSSR count). The van der Waals surface area contributed by atoms with E-state index in [1.165, 1.54) is 6.07 Å². The van der Waals surface area contributed by atoms with Crippen molar-refractivity contribution >= 4 is 11.6 Å². The number of anilines is 2. The van der Waals surface area contributed by atoms with E-state index in [1.54, 1.807) is 4.90 Å². The third kappa shape index (κ3) is 3.27. The number of nitrogens with one attached hydrogen (secondary N) is 1. The largest absolute Gasteiger partial charge is 0.451 e. The number of nitriles is 1. The van der Waals surface area contributed by atoms with Crippen LogP contribution in [-0.4, -0.2) is 22.6 Å². The predicted molar refractivity (Wildman–Crippen MR) is 65.4 cm³/mol. The van der Waals surface area contributed by atoms with E-state index in [1.807, 2.05) is 6.07 Å². The fourth-order valence-corrected chi connectivity index (χ4v) is 1.82. The van der Waals surface area contributed by atoms with E-state index in [4.69, 9.17) is 11.1 Å². The Bertz CT molecular complexity index is 520. The zero-order valence-electron chi connectivity index (χ0n) is 10.5. The Hall–Kier alpha value is -2.08. The highest BCUT2D eigenvalue weighted by atomic mass is 19.4. The minimum atomic E-state index is -4.65. The minimum absolute atomic E-state index is 0.107. The maximum absolute atomic E-state index is 12.8. The van der Waals surface area contributed by atoms with E-state index >= 15 is 0 Å². The molecule has 0 spiro atoms. The van der Waals surface area contributed by atoms with Crippen LogP contribution in [0.4, 0.5) is 24.8 Å². The predicted octanol–water partition coefficient (Wildman–Crippen LogP) is 1.66. The molecule has 1 aromatic heterocycles. The van der Waals surface area contributed by atoms with Gasteiger partial charge in [-0.05, 0) is 12.8 Å². The molecule has 1 saturated carbocycles. The quantitative estimate of drug-likeness (QED) is 0.632. The van der Waals surface area contributed by atoms with Crippen LogP contribution in [-0.2, 0) is 6.18 Å². The molecule has 0 saturated heterocycles. The number of nitrogens with zero attached hydrogens (tertiary/aromatic N) is 4. The molecule has 20 heavy (non-hydrogen) atoms. The van der Waals surface area contributed by atoms with Crippen molar-refractivity contribution in [1.82, 2.24) is 9.97 Å². The van der Waals surface area contributed by atoms with Gasteiger partial charge in [-0.3, -0.25) is 0 Å². The first-order valence-electron chi connectivity index (χ1n) is 6.02. The van der Waals surface area contributed by atoms with Crippen molar-refractivity contribution in [2.75, 3.05) is 16.9 Å². The van der Waals surface area contributed by atoms with Gasteiger partial charge in [0.1, 0.15) is 11.6 Å². The summed E-state index contributed by atoms with van der Waals surface area (Å²) in [6.45, 7) is 0.333. The SMILES string of the molecule is N#CCCN(c1cc(NN)nc(C(F)(F)F)n1)C1CC1. The maximum atomic E-state index is 12.8. The molecule has 6 nitrogen and oxygen atoms in total. The molecule has 3 N–H and O–H groups in total. The van der Waals surface area contributed by atoms with Crippen molar-refractivity contribution in [2.45, 2.75) is 31.5 Å². The Balaban J connectivity index is 2.35. The molecule has 1 aliphatic carbocycles. The lowest BCUT2D eigenvalue weighted by atomic mass is 10.3. The second-order valence-corrected chi connectivity index (χ2v) is 4.41. The molecule has 0 bridgehead atoms. The Kier molecular flexibility index (Phi) is 3.94. The van der Waals surface area contributed by atoms with Crippen molar-refractivity contribution in [2.24, 2.45) is 5.84 Å². The zero-order chi connectivity index (χ0) is 14.8. The first-order chi connectivity index (χ1) is 9.45. The van der Waals surface area contributed by atoms with Crippen LogP contribution in [0.1, 0.15) is 25.1 Å². The Morgan fingerprint density at radius 2 is 2.15 bits per heavy atom. The summed E-state index contributed by atoms with van der Waals surface area (Å²) in [6, 6.07) is 3.46. The normalized spacial score (nSPS) is 14.8. The number of halogens is 3. The smallest absolute Gasteiger partial charge is 0.352 e. The number of nitrogens with two attached hydrogens (primary N) is 1. The monoisotopic (exact) mass is 286 g/mol. The summed E-state index contributed by atoms with van der Waals surface area (Å²) in [6.07, 6.45) is -2.68. The average Bonchev–Trinajstić information content (AvgIpc) is 3.22. The molecule has 1 aliphatic rings. The first kappa shape index (κ1) is 14.3. The van der Waals surface area contributed by atoms with Gasteiger partial charge in [-0.15, -0.1) is 0 Å².